The lowest BCUT2D eigenvalue weighted by Gasteiger charge is -2.33. The topological polar surface area (TPSA) is 78.2 Å². The number of rotatable bonds is 4. The molecule has 6 heterocycles. The molecule has 10 heteroatoms. The molecular weight excluding hydrogens is 527 g/mol. The van der Waals surface area contributed by atoms with E-state index in [0.29, 0.717) is 28.6 Å². The first-order valence-corrected chi connectivity index (χ1v) is 13.1. The Morgan fingerprint density at radius 3 is 2.48 bits per heavy atom. The van der Waals surface area contributed by atoms with Crippen LogP contribution >= 0.6 is 12.4 Å². The second-order valence-electron chi connectivity index (χ2n) is 10.5. The lowest BCUT2D eigenvalue weighted by atomic mass is 9.98. The zero-order valence-corrected chi connectivity index (χ0v) is 22.5. The van der Waals surface area contributed by atoms with Crippen LogP contribution in [0.4, 0.5) is 10.1 Å². The van der Waals surface area contributed by atoms with Gasteiger partial charge in [0, 0.05) is 66.0 Å². The molecule has 0 aliphatic carbocycles. The molecule has 2 aromatic carbocycles. The Hall–Kier alpha value is -4.34. The summed E-state index contributed by atoms with van der Waals surface area (Å²) in [6.07, 6.45) is 8.20. The molecule has 200 valence electrons. The van der Waals surface area contributed by atoms with Crippen molar-refractivity contribution in [3.05, 3.63) is 85.2 Å². The zero-order chi connectivity index (χ0) is 26.1. The maximum Gasteiger partial charge on any atom is 0.164 e. The number of hydrogen-bond donors (Lipinski definition) is 1. The molecule has 2 fully saturated rings. The van der Waals surface area contributed by atoms with Crippen molar-refractivity contribution in [1.82, 2.24) is 34.7 Å². The van der Waals surface area contributed by atoms with Crippen molar-refractivity contribution in [3.63, 3.8) is 0 Å². The average Bonchev–Trinajstić information content (AvgIpc) is 3.77. The van der Waals surface area contributed by atoms with Crippen LogP contribution in [-0.2, 0) is 0 Å². The van der Waals surface area contributed by atoms with Gasteiger partial charge in [0.25, 0.3) is 0 Å². The number of hydrogen-bond acceptors (Lipinski definition) is 6. The number of anilines is 1. The van der Waals surface area contributed by atoms with Crippen LogP contribution in [0.2, 0.25) is 0 Å². The molecule has 2 aliphatic rings. The number of aromatic amines is 1. The Bertz CT molecular complexity index is 1850. The fourth-order valence-electron chi connectivity index (χ4n) is 6.35. The number of pyridine rings is 1. The minimum Gasteiger partial charge on any atom is -0.366 e. The summed E-state index contributed by atoms with van der Waals surface area (Å²) in [5, 5.41) is 12.7. The second-order valence-corrected chi connectivity index (χ2v) is 10.5. The van der Waals surface area contributed by atoms with Crippen molar-refractivity contribution >= 4 is 34.6 Å². The van der Waals surface area contributed by atoms with Gasteiger partial charge in [0.1, 0.15) is 17.0 Å². The lowest BCUT2D eigenvalue weighted by molar-refractivity contribution is 0.292. The van der Waals surface area contributed by atoms with Gasteiger partial charge in [-0.15, -0.1) is 12.4 Å². The molecule has 6 aromatic rings. The molecule has 0 saturated carbocycles. The van der Waals surface area contributed by atoms with E-state index in [1.54, 1.807) is 24.7 Å². The third-order valence-corrected chi connectivity index (χ3v) is 8.32. The molecule has 2 saturated heterocycles. The minimum atomic E-state index is -0.347. The van der Waals surface area contributed by atoms with Gasteiger partial charge < -0.3 is 4.90 Å². The van der Waals surface area contributed by atoms with Crippen LogP contribution in [0.3, 0.4) is 0 Å². The molecule has 0 spiro atoms. The predicted molar refractivity (Wildman–Crippen MR) is 156 cm³/mol. The van der Waals surface area contributed by atoms with E-state index in [1.807, 2.05) is 28.9 Å². The van der Waals surface area contributed by atoms with E-state index < -0.39 is 0 Å². The van der Waals surface area contributed by atoms with Crippen LogP contribution < -0.4 is 4.90 Å². The molecule has 1 N–H and O–H groups in total. The number of piperazine rings is 1. The van der Waals surface area contributed by atoms with E-state index in [-0.39, 0.29) is 18.2 Å². The third kappa shape index (κ3) is 3.69. The number of nitrogens with zero attached hydrogens (tertiary/aromatic N) is 7. The normalized spacial score (nSPS) is 18.6. The van der Waals surface area contributed by atoms with Gasteiger partial charge >= 0.3 is 0 Å². The van der Waals surface area contributed by atoms with E-state index in [1.165, 1.54) is 18.2 Å². The third-order valence-electron chi connectivity index (χ3n) is 8.32. The summed E-state index contributed by atoms with van der Waals surface area (Å²) in [4.78, 5) is 14.0. The Morgan fingerprint density at radius 2 is 1.73 bits per heavy atom. The summed E-state index contributed by atoms with van der Waals surface area (Å²) in [7, 11) is 2.22. The number of likely N-dealkylation sites (N-methyl/N-ethyl adjacent to an activating group) is 1. The van der Waals surface area contributed by atoms with Gasteiger partial charge in [-0.25, -0.2) is 13.9 Å². The fourth-order valence-corrected chi connectivity index (χ4v) is 6.35. The number of fused-ring (bicyclic) bond motifs is 4. The van der Waals surface area contributed by atoms with E-state index >= 15 is 0 Å². The van der Waals surface area contributed by atoms with E-state index in [0.717, 1.165) is 46.7 Å². The number of H-pyrrole nitrogens is 1. The van der Waals surface area contributed by atoms with Crippen LogP contribution in [-0.4, -0.2) is 66.9 Å². The summed E-state index contributed by atoms with van der Waals surface area (Å²) in [6, 6.07) is 19.1. The molecule has 2 bridgehead atoms. The molecule has 0 radical (unpaired) electrons. The smallest absolute Gasteiger partial charge is 0.164 e. The van der Waals surface area contributed by atoms with Crippen LogP contribution in [0.15, 0.2) is 79.4 Å². The number of benzene rings is 2. The molecule has 8 rings (SSSR count). The van der Waals surface area contributed by atoms with E-state index in [9.17, 15) is 4.39 Å². The van der Waals surface area contributed by atoms with Crippen LogP contribution in [0, 0.1) is 5.82 Å². The maximum atomic E-state index is 14.6. The summed E-state index contributed by atoms with van der Waals surface area (Å²) < 4.78 is 16.4. The van der Waals surface area contributed by atoms with Gasteiger partial charge in [-0.1, -0.05) is 18.2 Å². The molecular formula is C30H26ClFN8. The highest BCUT2D eigenvalue weighted by Gasteiger charge is 2.41. The van der Waals surface area contributed by atoms with Gasteiger partial charge in [-0.2, -0.15) is 10.2 Å². The lowest BCUT2D eigenvalue weighted by Crippen LogP contribution is -2.44. The molecule has 0 amide bonds. The summed E-state index contributed by atoms with van der Waals surface area (Å²) in [5.41, 5.74) is 7.59. The van der Waals surface area contributed by atoms with Crippen molar-refractivity contribution in [1.29, 1.82) is 0 Å². The highest BCUT2D eigenvalue weighted by molar-refractivity contribution is 6.03. The van der Waals surface area contributed by atoms with Crippen LogP contribution in [0.1, 0.15) is 6.42 Å². The maximum absolute atomic E-state index is 14.6. The number of nitrogens with one attached hydrogen (secondary N) is 1. The van der Waals surface area contributed by atoms with Crippen molar-refractivity contribution in [2.75, 3.05) is 25.0 Å². The quantitative estimate of drug-likeness (QED) is 0.313. The van der Waals surface area contributed by atoms with Gasteiger partial charge in [0.2, 0.25) is 0 Å². The fraction of sp³-hybridized carbons (Fsp3) is 0.200. The standard InChI is InChI=1S/C30H25FN8.ClH/c1-37-16-22-14-21(37)17-38(22)20-4-2-18(3-5-20)26-10-13-33-30-27(23-6-7-25(31)29-24(23)15-34-35-29)28(36-39(26)30)19-8-11-32-12-9-19;/h2-13,15,21-22H,14,16-17H2,1H3,(H,34,35);1H. The van der Waals surface area contributed by atoms with Crippen LogP contribution in [0.25, 0.3) is 50.2 Å². The summed E-state index contributed by atoms with van der Waals surface area (Å²) in [5.74, 6) is -0.347. The largest absolute Gasteiger partial charge is 0.366 e. The van der Waals surface area contributed by atoms with Crippen molar-refractivity contribution < 1.29 is 4.39 Å². The first kappa shape index (κ1) is 24.7. The van der Waals surface area contributed by atoms with E-state index in [2.05, 4.69) is 56.3 Å². The Balaban J connectivity index is 0.00000264. The second kappa shape index (κ2) is 9.39. The Morgan fingerprint density at radius 1 is 0.900 bits per heavy atom. The van der Waals surface area contributed by atoms with Crippen molar-refractivity contribution in [2.24, 2.45) is 0 Å². The summed E-state index contributed by atoms with van der Waals surface area (Å²) >= 11 is 0. The van der Waals surface area contributed by atoms with Crippen molar-refractivity contribution in [3.8, 4) is 33.6 Å². The summed E-state index contributed by atoms with van der Waals surface area (Å²) in [6.45, 7) is 2.20. The van der Waals surface area contributed by atoms with Gasteiger partial charge in [0.15, 0.2) is 5.65 Å². The molecule has 2 aliphatic heterocycles. The number of likely N-dealkylation sites (tertiary alicyclic amines) is 1. The van der Waals surface area contributed by atoms with Gasteiger partial charge in [0.05, 0.1) is 17.5 Å². The monoisotopic (exact) mass is 552 g/mol. The zero-order valence-electron chi connectivity index (χ0n) is 21.7. The van der Waals surface area contributed by atoms with Gasteiger partial charge in [-0.05, 0) is 55.4 Å². The molecule has 2 atom stereocenters. The highest BCUT2D eigenvalue weighted by atomic mass is 35.5. The number of aromatic nitrogens is 6. The van der Waals surface area contributed by atoms with E-state index in [4.69, 9.17) is 10.1 Å². The average molecular weight is 553 g/mol. The van der Waals surface area contributed by atoms with Crippen LogP contribution in [0.5, 0.6) is 0 Å². The van der Waals surface area contributed by atoms with Crippen molar-refractivity contribution in [2.45, 2.75) is 18.5 Å². The number of halogens is 2. The Kier molecular flexibility index (Phi) is 5.80. The first-order chi connectivity index (χ1) is 19.2. The highest BCUT2D eigenvalue weighted by Crippen LogP contribution is 2.40. The minimum absolute atomic E-state index is 0. The van der Waals surface area contributed by atoms with Gasteiger partial charge in [-0.3, -0.25) is 15.0 Å². The SMILES string of the molecule is CN1CC2CC1CN2c1ccc(-c2ccnc3c(-c4ccc(F)c5[nH]ncc45)c(-c4ccncc4)nn23)cc1.Cl. The first-order valence-electron chi connectivity index (χ1n) is 13.1. The molecule has 8 nitrogen and oxygen atoms in total. The molecule has 2 unspecified atom stereocenters. The molecule has 40 heavy (non-hydrogen) atoms. The predicted octanol–water partition coefficient (Wildman–Crippen LogP) is 5.46. The Labute approximate surface area is 235 Å². The molecule has 4 aromatic heterocycles.